The van der Waals surface area contributed by atoms with Crippen molar-refractivity contribution in [3.05, 3.63) is 11.8 Å². The van der Waals surface area contributed by atoms with Crippen molar-refractivity contribution >= 4 is 5.91 Å². The Morgan fingerprint density at radius 3 is 2.52 bits per heavy atom. The number of hydrogen-bond acceptors (Lipinski definition) is 5. The van der Waals surface area contributed by atoms with Crippen LogP contribution in [0.2, 0.25) is 0 Å². The van der Waals surface area contributed by atoms with E-state index < -0.39 is 0 Å². The van der Waals surface area contributed by atoms with E-state index in [9.17, 15) is 4.79 Å². The number of rotatable bonds is 5. The van der Waals surface area contributed by atoms with E-state index >= 15 is 0 Å². The molecule has 3 rings (SSSR count). The van der Waals surface area contributed by atoms with Crippen LogP contribution in [0, 0.1) is 0 Å². The summed E-state index contributed by atoms with van der Waals surface area (Å²) in [5.41, 5.74) is 0. The van der Waals surface area contributed by atoms with Crippen molar-refractivity contribution in [1.82, 2.24) is 20.4 Å². The van der Waals surface area contributed by atoms with E-state index in [1.165, 1.54) is 12.8 Å². The van der Waals surface area contributed by atoms with E-state index in [0.717, 1.165) is 50.6 Å². The van der Waals surface area contributed by atoms with Gasteiger partial charge in [0.05, 0.1) is 6.54 Å². The van der Waals surface area contributed by atoms with Gasteiger partial charge in [0.25, 0.3) is 0 Å². The Kier molecular flexibility index (Phi) is 5.30. The van der Waals surface area contributed by atoms with Crippen molar-refractivity contribution in [3.63, 3.8) is 0 Å². The highest BCUT2D eigenvalue weighted by Gasteiger charge is 2.27. The summed E-state index contributed by atoms with van der Waals surface area (Å²) in [6.45, 7) is 6.47. The van der Waals surface area contributed by atoms with Gasteiger partial charge in [-0.15, -0.1) is 10.2 Å². The lowest BCUT2D eigenvalue weighted by Crippen LogP contribution is -2.43. The van der Waals surface area contributed by atoms with Crippen molar-refractivity contribution < 1.29 is 9.21 Å². The molecule has 0 bridgehead atoms. The number of carbonyl (C=O) groups excluding carboxylic acids is 1. The summed E-state index contributed by atoms with van der Waals surface area (Å²) < 4.78 is 5.77. The highest BCUT2D eigenvalue weighted by Crippen LogP contribution is 2.28. The Labute approximate surface area is 138 Å². The fraction of sp³-hybridized carbons (Fsp3) is 0.824. The van der Waals surface area contributed by atoms with Gasteiger partial charge in [-0.25, -0.2) is 0 Å². The minimum Gasteiger partial charge on any atom is -0.425 e. The first-order chi connectivity index (χ1) is 11.1. The predicted octanol–water partition coefficient (Wildman–Crippen LogP) is 2.43. The summed E-state index contributed by atoms with van der Waals surface area (Å²) in [7, 11) is 0. The number of nitrogens with one attached hydrogen (secondary N) is 1. The molecule has 2 heterocycles. The molecule has 0 atom stereocenters. The normalized spacial score (nSPS) is 21.2. The topological polar surface area (TPSA) is 71.3 Å². The van der Waals surface area contributed by atoms with Crippen LogP contribution in [0.1, 0.15) is 76.0 Å². The van der Waals surface area contributed by atoms with E-state index in [1.807, 2.05) is 0 Å². The van der Waals surface area contributed by atoms with Crippen LogP contribution >= 0.6 is 0 Å². The SMILES string of the molecule is CC(C)c1nnc(C2CCN(CC(=O)NC3CCCC3)CC2)o1. The maximum Gasteiger partial charge on any atom is 0.234 e. The van der Waals surface area contributed by atoms with E-state index in [-0.39, 0.29) is 11.8 Å². The van der Waals surface area contributed by atoms with Gasteiger partial charge in [-0.3, -0.25) is 9.69 Å². The van der Waals surface area contributed by atoms with Gasteiger partial charge in [0.1, 0.15) is 0 Å². The third-order valence-corrected chi connectivity index (χ3v) is 4.97. The molecule has 1 aliphatic carbocycles. The minimum atomic E-state index is 0.176. The summed E-state index contributed by atoms with van der Waals surface area (Å²) >= 11 is 0. The first-order valence-electron chi connectivity index (χ1n) is 8.97. The molecule has 2 fully saturated rings. The lowest BCUT2D eigenvalue weighted by atomic mass is 9.97. The molecule has 1 aromatic heterocycles. The van der Waals surface area contributed by atoms with Crippen molar-refractivity contribution in [2.45, 2.75) is 70.3 Å². The van der Waals surface area contributed by atoms with Crippen LogP contribution in [0.3, 0.4) is 0 Å². The smallest absolute Gasteiger partial charge is 0.234 e. The molecular weight excluding hydrogens is 292 g/mol. The molecule has 128 valence electrons. The third-order valence-electron chi connectivity index (χ3n) is 4.97. The quantitative estimate of drug-likeness (QED) is 0.902. The van der Waals surface area contributed by atoms with Crippen molar-refractivity contribution in [2.24, 2.45) is 0 Å². The van der Waals surface area contributed by atoms with Crippen molar-refractivity contribution in [2.75, 3.05) is 19.6 Å². The summed E-state index contributed by atoms with van der Waals surface area (Å²) in [6, 6.07) is 0.410. The number of carbonyl (C=O) groups is 1. The molecule has 1 saturated heterocycles. The molecule has 0 unspecified atom stereocenters. The molecule has 1 aromatic rings. The van der Waals surface area contributed by atoms with Gasteiger partial charge in [-0.2, -0.15) is 0 Å². The Hall–Kier alpha value is -1.43. The second-order valence-electron chi connectivity index (χ2n) is 7.23. The number of hydrogen-bond donors (Lipinski definition) is 1. The van der Waals surface area contributed by atoms with Gasteiger partial charge >= 0.3 is 0 Å². The van der Waals surface area contributed by atoms with Crippen LogP contribution in [0.15, 0.2) is 4.42 Å². The zero-order valence-electron chi connectivity index (χ0n) is 14.3. The zero-order chi connectivity index (χ0) is 16.2. The van der Waals surface area contributed by atoms with E-state index in [0.29, 0.717) is 18.5 Å². The van der Waals surface area contributed by atoms with Gasteiger partial charge < -0.3 is 9.73 Å². The molecule has 0 spiro atoms. The lowest BCUT2D eigenvalue weighted by Gasteiger charge is -2.30. The van der Waals surface area contributed by atoms with Gasteiger partial charge in [0.15, 0.2) is 0 Å². The average molecular weight is 320 g/mol. The summed E-state index contributed by atoms with van der Waals surface area (Å²) in [5, 5.41) is 11.5. The first kappa shape index (κ1) is 16.4. The Morgan fingerprint density at radius 2 is 1.91 bits per heavy atom. The zero-order valence-corrected chi connectivity index (χ0v) is 14.3. The fourth-order valence-electron chi connectivity index (χ4n) is 3.53. The predicted molar refractivity (Wildman–Crippen MR) is 87.2 cm³/mol. The van der Waals surface area contributed by atoms with E-state index in [1.54, 1.807) is 0 Å². The molecular formula is C17H28N4O2. The molecule has 1 N–H and O–H groups in total. The molecule has 1 aliphatic heterocycles. The van der Waals surface area contributed by atoms with E-state index in [4.69, 9.17) is 4.42 Å². The van der Waals surface area contributed by atoms with Gasteiger partial charge in [0.2, 0.25) is 17.7 Å². The maximum absolute atomic E-state index is 12.1. The number of piperidine rings is 1. The number of likely N-dealkylation sites (tertiary alicyclic amines) is 1. The number of aromatic nitrogens is 2. The van der Waals surface area contributed by atoms with Crippen molar-refractivity contribution in [1.29, 1.82) is 0 Å². The fourth-order valence-corrected chi connectivity index (χ4v) is 3.53. The van der Waals surface area contributed by atoms with Crippen LogP contribution in [0.4, 0.5) is 0 Å². The monoisotopic (exact) mass is 320 g/mol. The largest absolute Gasteiger partial charge is 0.425 e. The molecule has 2 aliphatic rings. The van der Waals surface area contributed by atoms with Crippen LogP contribution in [-0.2, 0) is 4.79 Å². The van der Waals surface area contributed by atoms with Crippen LogP contribution in [-0.4, -0.2) is 46.7 Å². The Bertz CT molecular complexity index is 514. The van der Waals surface area contributed by atoms with E-state index in [2.05, 4.69) is 34.3 Å². The number of nitrogens with zero attached hydrogens (tertiary/aromatic N) is 3. The van der Waals surface area contributed by atoms with Gasteiger partial charge in [-0.05, 0) is 38.8 Å². The Morgan fingerprint density at radius 1 is 1.22 bits per heavy atom. The molecule has 0 radical (unpaired) electrons. The van der Waals surface area contributed by atoms with Crippen LogP contribution in [0.5, 0.6) is 0 Å². The third kappa shape index (κ3) is 4.31. The summed E-state index contributed by atoms with van der Waals surface area (Å²) in [5.74, 6) is 2.28. The average Bonchev–Trinajstić information content (AvgIpc) is 3.19. The highest BCUT2D eigenvalue weighted by atomic mass is 16.4. The highest BCUT2D eigenvalue weighted by molar-refractivity contribution is 5.78. The summed E-state index contributed by atoms with van der Waals surface area (Å²) in [4.78, 5) is 14.3. The molecule has 6 heteroatoms. The summed E-state index contributed by atoms with van der Waals surface area (Å²) in [6.07, 6.45) is 6.75. The molecule has 6 nitrogen and oxygen atoms in total. The first-order valence-corrected chi connectivity index (χ1v) is 8.97. The minimum absolute atomic E-state index is 0.176. The standard InChI is InChI=1S/C17H28N4O2/c1-12(2)16-19-20-17(23-16)13-7-9-21(10-8-13)11-15(22)18-14-5-3-4-6-14/h12-14H,3-11H2,1-2H3,(H,18,22). The van der Waals surface area contributed by atoms with Gasteiger partial charge in [0, 0.05) is 17.9 Å². The maximum atomic E-state index is 12.1. The molecule has 23 heavy (non-hydrogen) atoms. The molecule has 0 aromatic carbocycles. The van der Waals surface area contributed by atoms with Crippen molar-refractivity contribution in [3.8, 4) is 0 Å². The second-order valence-corrected chi connectivity index (χ2v) is 7.23. The second kappa shape index (κ2) is 7.43. The number of amides is 1. The van der Waals surface area contributed by atoms with Crippen LogP contribution < -0.4 is 5.32 Å². The van der Waals surface area contributed by atoms with Gasteiger partial charge in [-0.1, -0.05) is 26.7 Å². The molecule has 1 saturated carbocycles. The van der Waals surface area contributed by atoms with Crippen LogP contribution in [0.25, 0.3) is 0 Å². The molecule has 1 amide bonds. The Balaban J connectivity index is 1.43. The lowest BCUT2D eigenvalue weighted by molar-refractivity contribution is -0.123.